The van der Waals surface area contributed by atoms with Crippen LogP contribution in [0.5, 0.6) is 0 Å². The van der Waals surface area contributed by atoms with Gasteiger partial charge in [0.15, 0.2) is 0 Å². The molecule has 0 aliphatic carbocycles. The fourth-order valence-electron chi connectivity index (χ4n) is 3.88. The molecule has 1 saturated heterocycles. The molecule has 3 amide bonds. The number of halogens is 1. The molecule has 2 heterocycles. The largest absolute Gasteiger partial charge is 0.326 e. The van der Waals surface area contributed by atoms with Crippen LogP contribution in [0, 0.1) is 26.7 Å². The van der Waals surface area contributed by atoms with Crippen molar-refractivity contribution in [2.24, 2.45) is 5.92 Å². The van der Waals surface area contributed by atoms with E-state index in [4.69, 9.17) is 11.6 Å². The minimum absolute atomic E-state index is 0.115. The number of nitrogens with zero attached hydrogens (tertiary/aromatic N) is 2. The maximum Gasteiger partial charge on any atom is 0.270 e. The second-order valence-electron chi connectivity index (χ2n) is 8.30. The zero-order valence-electron chi connectivity index (χ0n) is 18.7. The van der Waals surface area contributed by atoms with Gasteiger partial charge >= 0.3 is 0 Å². The molecule has 0 bridgehead atoms. The van der Waals surface area contributed by atoms with Gasteiger partial charge in [0.05, 0.1) is 5.92 Å². The molecule has 1 aliphatic rings. The number of amides is 3. The summed E-state index contributed by atoms with van der Waals surface area (Å²) in [6.45, 7) is 5.97. The molecule has 33 heavy (non-hydrogen) atoms. The third-order valence-electron chi connectivity index (χ3n) is 5.84. The predicted molar refractivity (Wildman–Crippen MR) is 129 cm³/mol. The Hall–Kier alpha value is -3.58. The van der Waals surface area contributed by atoms with E-state index in [1.165, 1.54) is 0 Å². The average Bonchev–Trinajstić information content (AvgIpc) is 3.33. The number of nitrogens with one attached hydrogen (secondary N) is 2. The van der Waals surface area contributed by atoms with Crippen LogP contribution in [0.25, 0.3) is 0 Å². The Labute approximate surface area is 197 Å². The molecule has 1 aliphatic heterocycles. The molecule has 2 N–H and O–H groups in total. The second-order valence-corrected chi connectivity index (χ2v) is 8.71. The van der Waals surface area contributed by atoms with E-state index in [2.05, 4.69) is 10.7 Å². The van der Waals surface area contributed by atoms with E-state index in [0.717, 1.165) is 17.0 Å². The summed E-state index contributed by atoms with van der Waals surface area (Å²) in [5.41, 5.74) is 7.19. The molecular weight excluding hydrogens is 440 g/mol. The minimum atomic E-state index is -0.500. The highest BCUT2D eigenvalue weighted by Crippen LogP contribution is 2.29. The highest BCUT2D eigenvalue weighted by Gasteiger charge is 2.35. The van der Waals surface area contributed by atoms with Gasteiger partial charge in [-0.25, -0.2) is 0 Å². The number of hydrogen-bond acceptors (Lipinski definition) is 3. The lowest BCUT2D eigenvalue weighted by Crippen LogP contribution is -2.28. The number of anilines is 2. The molecule has 1 aromatic heterocycles. The van der Waals surface area contributed by atoms with Crippen LogP contribution in [0.1, 0.15) is 33.7 Å². The van der Waals surface area contributed by atoms with Crippen molar-refractivity contribution in [1.29, 1.82) is 0 Å². The maximum absolute atomic E-state index is 12.9. The van der Waals surface area contributed by atoms with Crippen molar-refractivity contribution in [3.8, 4) is 0 Å². The molecule has 2 aromatic carbocycles. The van der Waals surface area contributed by atoms with Crippen molar-refractivity contribution in [2.45, 2.75) is 27.2 Å². The molecule has 0 spiro atoms. The van der Waals surface area contributed by atoms with E-state index in [1.807, 2.05) is 45.0 Å². The number of carbonyl (C=O) groups is 3. The van der Waals surface area contributed by atoms with Crippen molar-refractivity contribution < 1.29 is 14.4 Å². The van der Waals surface area contributed by atoms with Gasteiger partial charge in [0, 0.05) is 46.3 Å². The van der Waals surface area contributed by atoms with Crippen molar-refractivity contribution in [1.82, 2.24) is 4.68 Å². The van der Waals surface area contributed by atoms with Crippen LogP contribution in [-0.4, -0.2) is 28.9 Å². The first kappa shape index (κ1) is 22.6. The molecule has 0 radical (unpaired) electrons. The van der Waals surface area contributed by atoms with E-state index >= 15 is 0 Å². The van der Waals surface area contributed by atoms with Crippen LogP contribution >= 0.6 is 11.6 Å². The Kier molecular flexibility index (Phi) is 6.24. The minimum Gasteiger partial charge on any atom is -0.326 e. The smallest absolute Gasteiger partial charge is 0.270 e. The first-order valence-corrected chi connectivity index (χ1v) is 11.0. The van der Waals surface area contributed by atoms with Crippen LogP contribution in [0.15, 0.2) is 54.6 Å². The number of hydrogen-bond donors (Lipinski definition) is 2. The normalized spacial score (nSPS) is 15.6. The number of aromatic nitrogens is 1. The van der Waals surface area contributed by atoms with Gasteiger partial charge in [0.2, 0.25) is 11.8 Å². The lowest BCUT2D eigenvalue weighted by atomic mass is 10.1. The number of rotatable bonds is 5. The maximum atomic E-state index is 12.9. The molecule has 1 atom stereocenters. The highest BCUT2D eigenvalue weighted by molar-refractivity contribution is 6.31. The van der Waals surface area contributed by atoms with E-state index in [1.54, 1.807) is 39.9 Å². The SMILES string of the molecule is Cc1ccc(N2C[C@H](C(=O)Nc3cccc(C(=O)Nn4c(C)ccc4C)c3)CC2=O)cc1Cl. The molecule has 7 nitrogen and oxygen atoms in total. The Morgan fingerprint density at radius 3 is 2.42 bits per heavy atom. The van der Waals surface area contributed by atoms with Crippen molar-refractivity contribution in [2.75, 3.05) is 22.2 Å². The number of aryl methyl sites for hydroxylation is 3. The van der Waals surface area contributed by atoms with Gasteiger partial charge in [-0.05, 0) is 68.8 Å². The summed E-state index contributed by atoms with van der Waals surface area (Å²) in [5, 5.41) is 3.42. The summed E-state index contributed by atoms with van der Waals surface area (Å²) < 4.78 is 1.71. The lowest BCUT2D eigenvalue weighted by molar-refractivity contribution is -0.122. The fraction of sp³-hybridized carbons (Fsp3) is 0.240. The van der Waals surface area contributed by atoms with Crippen molar-refractivity contribution >= 4 is 40.7 Å². The third kappa shape index (κ3) is 4.78. The summed E-state index contributed by atoms with van der Waals surface area (Å²) in [6, 6.07) is 16.0. The summed E-state index contributed by atoms with van der Waals surface area (Å²) in [6.07, 6.45) is 0.115. The van der Waals surface area contributed by atoms with Gasteiger partial charge in [-0.15, -0.1) is 0 Å². The Bertz CT molecular complexity index is 1230. The van der Waals surface area contributed by atoms with Crippen LogP contribution in [0.4, 0.5) is 11.4 Å². The fourth-order valence-corrected chi connectivity index (χ4v) is 4.05. The van der Waals surface area contributed by atoms with Crippen LogP contribution < -0.4 is 15.6 Å². The number of carbonyl (C=O) groups excluding carboxylic acids is 3. The van der Waals surface area contributed by atoms with Gasteiger partial charge in [0.25, 0.3) is 5.91 Å². The topological polar surface area (TPSA) is 83.4 Å². The van der Waals surface area contributed by atoms with Gasteiger partial charge < -0.3 is 10.2 Å². The molecule has 1 fully saturated rings. The standard InChI is InChI=1S/C25H25ClN4O3/c1-15-7-10-21(13-22(15)26)29-14-19(12-23(29)31)24(32)27-20-6-4-5-18(11-20)25(33)28-30-16(2)8-9-17(30)3/h4-11,13,19H,12,14H2,1-3H3,(H,27,32)(H,28,33)/t19-/m1/s1. The monoisotopic (exact) mass is 464 g/mol. The number of benzene rings is 2. The first-order valence-electron chi connectivity index (χ1n) is 10.7. The zero-order valence-corrected chi connectivity index (χ0v) is 19.4. The molecule has 3 aromatic rings. The summed E-state index contributed by atoms with van der Waals surface area (Å²) in [7, 11) is 0. The summed E-state index contributed by atoms with van der Waals surface area (Å²) in [5.74, 6) is -1.17. The van der Waals surface area contributed by atoms with Crippen molar-refractivity contribution in [3.63, 3.8) is 0 Å². The molecule has 4 rings (SSSR count). The molecule has 0 unspecified atom stereocenters. The van der Waals surface area contributed by atoms with Gasteiger partial charge in [-0.3, -0.25) is 24.5 Å². The molecule has 0 saturated carbocycles. The van der Waals surface area contributed by atoms with Gasteiger partial charge in [-0.1, -0.05) is 23.7 Å². The van der Waals surface area contributed by atoms with E-state index < -0.39 is 5.92 Å². The zero-order chi connectivity index (χ0) is 23.7. The van der Waals surface area contributed by atoms with Gasteiger partial charge in [0.1, 0.15) is 0 Å². The lowest BCUT2D eigenvalue weighted by Gasteiger charge is -2.17. The molecule has 170 valence electrons. The Morgan fingerprint density at radius 2 is 1.73 bits per heavy atom. The van der Waals surface area contributed by atoms with Gasteiger partial charge in [-0.2, -0.15) is 0 Å². The van der Waals surface area contributed by atoms with Crippen LogP contribution in [-0.2, 0) is 9.59 Å². The predicted octanol–water partition coefficient (Wildman–Crippen LogP) is 4.44. The summed E-state index contributed by atoms with van der Waals surface area (Å²) in [4.78, 5) is 39.7. The van der Waals surface area contributed by atoms with Crippen LogP contribution in [0.3, 0.4) is 0 Å². The first-order chi connectivity index (χ1) is 15.7. The van der Waals surface area contributed by atoms with E-state index in [-0.39, 0.29) is 30.7 Å². The highest BCUT2D eigenvalue weighted by atomic mass is 35.5. The van der Waals surface area contributed by atoms with Crippen molar-refractivity contribution in [3.05, 3.63) is 82.1 Å². The van der Waals surface area contributed by atoms with E-state index in [0.29, 0.717) is 22.0 Å². The quantitative estimate of drug-likeness (QED) is 0.585. The molecular formula is C25H25ClN4O3. The Balaban J connectivity index is 1.43. The average molecular weight is 465 g/mol. The third-order valence-corrected chi connectivity index (χ3v) is 6.25. The Morgan fingerprint density at radius 1 is 1.00 bits per heavy atom. The second kappa shape index (κ2) is 9.11. The summed E-state index contributed by atoms with van der Waals surface area (Å²) >= 11 is 6.20. The molecule has 8 heteroatoms. The van der Waals surface area contributed by atoms with E-state index in [9.17, 15) is 14.4 Å². The van der Waals surface area contributed by atoms with Crippen LogP contribution in [0.2, 0.25) is 5.02 Å².